The van der Waals surface area contributed by atoms with E-state index in [1.807, 2.05) is 50.2 Å². The van der Waals surface area contributed by atoms with Gasteiger partial charge in [-0.1, -0.05) is 29.8 Å². The van der Waals surface area contributed by atoms with Gasteiger partial charge in [0.2, 0.25) is 0 Å². The van der Waals surface area contributed by atoms with Gasteiger partial charge in [-0.2, -0.15) is 0 Å². The Hall–Kier alpha value is -1.67. The number of aryl methyl sites for hydroxylation is 2. The van der Waals surface area contributed by atoms with Crippen LogP contribution in [0, 0.1) is 13.8 Å². The maximum atomic E-state index is 6.01. The van der Waals surface area contributed by atoms with Crippen LogP contribution in [0.3, 0.4) is 0 Å². The molecule has 0 N–H and O–H groups in total. The minimum atomic E-state index is 0.440. The third kappa shape index (κ3) is 3.21. The number of hydrogen-bond acceptors (Lipinski definition) is 2. The molecule has 0 heterocycles. The number of rotatable bonds is 4. The second-order valence-corrected chi connectivity index (χ2v) is 4.90. The fraction of sp³-hybridized carbons (Fsp3) is 0.250. The summed E-state index contributed by atoms with van der Waals surface area (Å²) in [5, 5.41) is 0.681. The van der Waals surface area contributed by atoms with Crippen LogP contribution in [-0.2, 0) is 6.61 Å². The molecule has 19 heavy (non-hydrogen) atoms. The highest BCUT2D eigenvalue weighted by Gasteiger charge is 2.07. The second kappa shape index (κ2) is 5.98. The topological polar surface area (TPSA) is 18.5 Å². The molecular weight excluding hydrogens is 260 g/mol. The van der Waals surface area contributed by atoms with E-state index in [1.54, 1.807) is 7.11 Å². The second-order valence-electron chi connectivity index (χ2n) is 4.47. The number of halogens is 1. The van der Waals surface area contributed by atoms with Gasteiger partial charge in [-0.3, -0.25) is 0 Å². The van der Waals surface area contributed by atoms with Gasteiger partial charge in [-0.25, -0.2) is 0 Å². The minimum absolute atomic E-state index is 0.440. The first kappa shape index (κ1) is 13.8. The summed E-state index contributed by atoms with van der Waals surface area (Å²) in [6.07, 6.45) is 0. The smallest absolute Gasteiger partial charge is 0.125 e. The summed E-state index contributed by atoms with van der Waals surface area (Å²) in [6.45, 7) is 4.52. The van der Waals surface area contributed by atoms with Crippen molar-refractivity contribution in [3.8, 4) is 11.5 Å². The third-order valence-electron chi connectivity index (χ3n) is 3.02. The molecule has 0 amide bonds. The van der Waals surface area contributed by atoms with Crippen LogP contribution in [0.25, 0.3) is 0 Å². The highest BCUT2D eigenvalue weighted by Crippen LogP contribution is 2.27. The van der Waals surface area contributed by atoms with Crippen LogP contribution in [0.1, 0.15) is 16.7 Å². The molecular formula is C16H17ClO2. The Bertz CT molecular complexity index is 559. The highest BCUT2D eigenvalue weighted by molar-refractivity contribution is 6.30. The Kier molecular flexibility index (Phi) is 4.33. The summed E-state index contributed by atoms with van der Waals surface area (Å²) in [5.41, 5.74) is 3.19. The van der Waals surface area contributed by atoms with Gasteiger partial charge in [-0.05, 0) is 43.2 Å². The van der Waals surface area contributed by atoms with Gasteiger partial charge in [-0.15, -0.1) is 0 Å². The van der Waals surface area contributed by atoms with E-state index >= 15 is 0 Å². The maximum absolute atomic E-state index is 6.01. The Morgan fingerprint density at radius 1 is 1.05 bits per heavy atom. The molecule has 100 valence electrons. The summed E-state index contributed by atoms with van der Waals surface area (Å²) in [4.78, 5) is 0. The highest BCUT2D eigenvalue weighted by atomic mass is 35.5. The molecule has 0 bridgehead atoms. The Labute approximate surface area is 118 Å². The summed E-state index contributed by atoms with van der Waals surface area (Å²) >= 11 is 6.01. The van der Waals surface area contributed by atoms with Crippen LogP contribution >= 0.6 is 11.6 Å². The predicted octanol–water partition coefficient (Wildman–Crippen LogP) is 4.54. The van der Waals surface area contributed by atoms with Crippen molar-refractivity contribution in [1.29, 1.82) is 0 Å². The quantitative estimate of drug-likeness (QED) is 0.816. The zero-order valence-corrected chi connectivity index (χ0v) is 12.1. The van der Waals surface area contributed by atoms with E-state index < -0.39 is 0 Å². The monoisotopic (exact) mass is 276 g/mol. The van der Waals surface area contributed by atoms with Crippen molar-refractivity contribution in [2.45, 2.75) is 20.5 Å². The average Bonchev–Trinajstić information content (AvgIpc) is 2.38. The molecule has 0 saturated heterocycles. The molecule has 2 nitrogen and oxygen atoms in total. The summed E-state index contributed by atoms with van der Waals surface area (Å²) in [7, 11) is 1.64. The van der Waals surface area contributed by atoms with E-state index in [0.29, 0.717) is 11.6 Å². The van der Waals surface area contributed by atoms with Gasteiger partial charge in [0.05, 0.1) is 7.11 Å². The standard InChI is InChI=1S/C16H17ClO2/c1-11-5-4-6-12(2)16(11)19-10-13-9-14(17)7-8-15(13)18-3/h4-9H,10H2,1-3H3. The SMILES string of the molecule is COc1ccc(Cl)cc1COc1c(C)cccc1C. The van der Waals surface area contributed by atoms with Crippen molar-refractivity contribution in [2.24, 2.45) is 0 Å². The zero-order valence-electron chi connectivity index (χ0n) is 11.4. The van der Waals surface area contributed by atoms with Crippen LogP contribution in [-0.4, -0.2) is 7.11 Å². The van der Waals surface area contributed by atoms with Crippen molar-refractivity contribution < 1.29 is 9.47 Å². The molecule has 0 radical (unpaired) electrons. The number of ether oxygens (including phenoxy) is 2. The molecule has 0 aliphatic heterocycles. The molecule has 3 heteroatoms. The number of hydrogen-bond donors (Lipinski definition) is 0. The normalized spacial score (nSPS) is 10.3. The Morgan fingerprint density at radius 2 is 1.74 bits per heavy atom. The first-order valence-electron chi connectivity index (χ1n) is 6.13. The van der Waals surface area contributed by atoms with Gasteiger partial charge in [0.25, 0.3) is 0 Å². The van der Waals surface area contributed by atoms with Crippen LogP contribution in [0.15, 0.2) is 36.4 Å². The van der Waals surface area contributed by atoms with Gasteiger partial charge >= 0.3 is 0 Å². The van der Waals surface area contributed by atoms with Gasteiger partial charge in [0, 0.05) is 10.6 Å². The molecule has 0 saturated carbocycles. The molecule has 0 aromatic heterocycles. The lowest BCUT2D eigenvalue weighted by molar-refractivity contribution is 0.293. The van der Waals surface area contributed by atoms with Crippen molar-refractivity contribution in [3.05, 3.63) is 58.1 Å². The molecule has 2 rings (SSSR count). The van der Waals surface area contributed by atoms with E-state index in [0.717, 1.165) is 28.2 Å². The summed E-state index contributed by atoms with van der Waals surface area (Å²) < 4.78 is 11.2. The first-order valence-corrected chi connectivity index (χ1v) is 6.51. The molecule has 2 aromatic carbocycles. The van der Waals surface area contributed by atoms with Gasteiger partial charge in [0.1, 0.15) is 18.1 Å². The van der Waals surface area contributed by atoms with Crippen LogP contribution in [0.2, 0.25) is 5.02 Å². The first-order chi connectivity index (χ1) is 9.11. The molecule has 0 aliphatic rings. The van der Waals surface area contributed by atoms with Crippen molar-refractivity contribution in [2.75, 3.05) is 7.11 Å². The van der Waals surface area contributed by atoms with E-state index in [-0.39, 0.29) is 0 Å². The zero-order chi connectivity index (χ0) is 13.8. The number of methoxy groups -OCH3 is 1. The van der Waals surface area contributed by atoms with E-state index in [4.69, 9.17) is 21.1 Å². The third-order valence-corrected chi connectivity index (χ3v) is 3.26. The predicted molar refractivity (Wildman–Crippen MR) is 78.3 cm³/mol. The molecule has 0 unspecified atom stereocenters. The van der Waals surface area contributed by atoms with Crippen molar-refractivity contribution in [1.82, 2.24) is 0 Å². The molecule has 0 fully saturated rings. The lowest BCUT2D eigenvalue weighted by Crippen LogP contribution is -2.01. The molecule has 2 aromatic rings. The van der Waals surface area contributed by atoms with Crippen LogP contribution < -0.4 is 9.47 Å². The Balaban J connectivity index is 2.21. The van der Waals surface area contributed by atoms with E-state index in [9.17, 15) is 0 Å². The van der Waals surface area contributed by atoms with Crippen LogP contribution in [0.5, 0.6) is 11.5 Å². The van der Waals surface area contributed by atoms with E-state index in [2.05, 4.69) is 0 Å². The fourth-order valence-corrected chi connectivity index (χ4v) is 2.23. The van der Waals surface area contributed by atoms with Crippen molar-refractivity contribution in [3.63, 3.8) is 0 Å². The fourth-order valence-electron chi connectivity index (χ4n) is 2.04. The Morgan fingerprint density at radius 3 is 2.37 bits per heavy atom. The van der Waals surface area contributed by atoms with Crippen molar-refractivity contribution >= 4 is 11.6 Å². The molecule has 0 atom stereocenters. The largest absolute Gasteiger partial charge is 0.496 e. The summed E-state index contributed by atoms with van der Waals surface area (Å²) in [6, 6.07) is 11.6. The molecule has 0 spiro atoms. The van der Waals surface area contributed by atoms with Gasteiger partial charge < -0.3 is 9.47 Å². The maximum Gasteiger partial charge on any atom is 0.125 e. The van der Waals surface area contributed by atoms with Crippen LogP contribution in [0.4, 0.5) is 0 Å². The lowest BCUT2D eigenvalue weighted by Gasteiger charge is -2.14. The average molecular weight is 277 g/mol. The number of para-hydroxylation sites is 1. The number of benzene rings is 2. The summed E-state index contributed by atoms with van der Waals surface area (Å²) in [5.74, 6) is 1.71. The lowest BCUT2D eigenvalue weighted by atomic mass is 10.1. The van der Waals surface area contributed by atoms with Gasteiger partial charge in [0.15, 0.2) is 0 Å². The minimum Gasteiger partial charge on any atom is -0.496 e. The van der Waals surface area contributed by atoms with E-state index in [1.165, 1.54) is 0 Å². The molecule has 0 aliphatic carbocycles.